The molecule has 1 unspecified atom stereocenters. The highest BCUT2D eigenvalue weighted by Crippen LogP contribution is 2.22. The van der Waals surface area contributed by atoms with Crippen molar-refractivity contribution in [2.75, 3.05) is 44.2 Å². The van der Waals surface area contributed by atoms with Crippen molar-refractivity contribution in [3.05, 3.63) is 52.7 Å². The van der Waals surface area contributed by atoms with Crippen LogP contribution in [0.2, 0.25) is 0 Å². The van der Waals surface area contributed by atoms with E-state index in [1.807, 2.05) is 17.0 Å². The molecule has 3 aliphatic rings. The number of anilines is 1. The molecule has 7 heteroatoms. The molecule has 0 radical (unpaired) electrons. The first-order valence-electron chi connectivity index (χ1n) is 10.1. The van der Waals surface area contributed by atoms with Crippen LogP contribution in [0.25, 0.3) is 0 Å². The number of cyclic esters (lactones) is 1. The van der Waals surface area contributed by atoms with Crippen LogP contribution in [-0.2, 0) is 4.74 Å². The summed E-state index contributed by atoms with van der Waals surface area (Å²) in [5.41, 5.74) is 5.21. The molecule has 0 aliphatic carbocycles. The maximum absolute atomic E-state index is 12.9. The van der Waals surface area contributed by atoms with Crippen LogP contribution in [0.3, 0.4) is 0 Å². The summed E-state index contributed by atoms with van der Waals surface area (Å²) < 4.78 is 4.97. The maximum atomic E-state index is 12.9. The summed E-state index contributed by atoms with van der Waals surface area (Å²) in [7, 11) is 0. The molecule has 1 atom stereocenters. The summed E-state index contributed by atoms with van der Waals surface area (Å²) in [5, 5.41) is 3.59. The average Bonchev–Trinajstić information content (AvgIpc) is 3.16. The first kappa shape index (κ1) is 19.5. The fraction of sp³-hybridized carbons (Fsp3) is 0.455. The van der Waals surface area contributed by atoms with Crippen molar-refractivity contribution < 1.29 is 14.3 Å². The van der Waals surface area contributed by atoms with Gasteiger partial charge in [0.1, 0.15) is 12.8 Å². The third-order valence-corrected chi connectivity index (χ3v) is 5.97. The van der Waals surface area contributed by atoms with Gasteiger partial charge in [-0.05, 0) is 56.2 Å². The van der Waals surface area contributed by atoms with Crippen LogP contribution in [0.1, 0.15) is 31.1 Å². The van der Waals surface area contributed by atoms with Crippen molar-refractivity contribution in [1.82, 2.24) is 15.1 Å². The minimum absolute atomic E-state index is 0.0380. The molecule has 4 rings (SSSR count). The molecule has 0 saturated carbocycles. The number of benzene rings is 1. The molecule has 2 fully saturated rings. The summed E-state index contributed by atoms with van der Waals surface area (Å²) in [5.74, 6) is 0.0380. The minimum atomic E-state index is -0.332. The zero-order valence-corrected chi connectivity index (χ0v) is 17.3. The van der Waals surface area contributed by atoms with Crippen molar-refractivity contribution in [2.24, 2.45) is 0 Å². The second-order valence-corrected chi connectivity index (χ2v) is 7.88. The number of amides is 2. The Morgan fingerprint density at radius 3 is 2.34 bits per heavy atom. The molecule has 1 N–H and O–H groups in total. The molecule has 3 heterocycles. The molecule has 3 aliphatic heterocycles. The van der Waals surface area contributed by atoms with E-state index in [4.69, 9.17) is 4.74 Å². The summed E-state index contributed by atoms with van der Waals surface area (Å²) in [6, 6.07) is 7.21. The zero-order valence-electron chi connectivity index (χ0n) is 17.3. The lowest BCUT2D eigenvalue weighted by Crippen LogP contribution is -2.56. The van der Waals surface area contributed by atoms with Crippen molar-refractivity contribution in [2.45, 2.75) is 26.9 Å². The average molecular weight is 396 g/mol. The molecule has 29 heavy (non-hydrogen) atoms. The third-order valence-electron chi connectivity index (χ3n) is 5.97. The van der Waals surface area contributed by atoms with Crippen molar-refractivity contribution >= 4 is 17.7 Å². The molecular formula is C22H28N4O3. The quantitative estimate of drug-likeness (QED) is 0.851. The molecule has 0 aromatic heterocycles. The summed E-state index contributed by atoms with van der Waals surface area (Å²) >= 11 is 0. The zero-order chi connectivity index (χ0) is 20.5. The lowest BCUT2D eigenvalue weighted by Gasteiger charge is -2.41. The first-order valence-corrected chi connectivity index (χ1v) is 10.1. The minimum Gasteiger partial charge on any atom is -0.447 e. The Labute approximate surface area is 171 Å². The van der Waals surface area contributed by atoms with Gasteiger partial charge in [-0.25, -0.2) is 4.79 Å². The molecular weight excluding hydrogens is 368 g/mol. The van der Waals surface area contributed by atoms with Crippen LogP contribution in [0, 0.1) is 0 Å². The van der Waals surface area contributed by atoms with E-state index >= 15 is 0 Å². The highest BCUT2D eigenvalue weighted by atomic mass is 16.6. The van der Waals surface area contributed by atoms with Crippen LogP contribution < -0.4 is 10.2 Å². The number of hydrogen-bond acceptors (Lipinski definition) is 5. The normalized spacial score (nSPS) is 23.1. The molecule has 154 valence electrons. The van der Waals surface area contributed by atoms with Gasteiger partial charge in [-0.2, -0.15) is 0 Å². The van der Waals surface area contributed by atoms with Crippen LogP contribution in [0.4, 0.5) is 10.5 Å². The van der Waals surface area contributed by atoms with Gasteiger partial charge >= 0.3 is 6.09 Å². The van der Waals surface area contributed by atoms with Gasteiger partial charge in [0.15, 0.2) is 0 Å². The van der Waals surface area contributed by atoms with Crippen LogP contribution in [0.15, 0.2) is 47.2 Å². The Morgan fingerprint density at radius 2 is 1.72 bits per heavy atom. The topological polar surface area (TPSA) is 65.1 Å². The third kappa shape index (κ3) is 3.87. The van der Waals surface area contributed by atoms with Crippen LogP contribution >= 0.6 is 0 Å². The summed E-state index contributed by atoms with van der Waals surface area (Å²) in [6.07, 6.45) is 2.11. The number of allylic oxidation sites excluding steroid dienone is 3. The van der Waals surface area contributed by atoms with E-state index in [0.717, 1.165) is 18.8 Å². The van der Waals surface area contributed by atoms with Gasteiger partial charge in [0.25, 0.3) is 5.91 Å². The second kappa shape index (κ2) is 7.91. The number of nitrogens with one attached hydrogen (secondary N) is 1. The van der Waals surface area contributed by atoms with Gasteiger partial charge in [0.05, 0.1) is 6.54 Å². The Morgan fingerprint density at radius 1 is 1.03 bits per heavy atom. The SMILES string of the molecule is CC1=CC(C)=C(C)NC1N1CCN(C(=O)c2ccc(N3CCOC3=O)cc2)CC1. The van der Waals surface area contributed by atoms with Gasteiger partial charge < -0.3 is 15.0 Å². The number of dihydropyridines is 1. The number of nitrogens with zero attached hydrogens (tertiary/aromatic N) is 3. The van der Waals surface area contributed by atoms with E-state index < -0.39 is 0 Å². The molecule has 2 saturated heterocycles. The van der Waals surface area contributed by atoms with Gasteiger partial charge in [0, 0.05) is 43.1 Å². The lowest BCUT2D eigenvalue weighted by molar-refractivity contribution is 0.0575. The van der Waals surface area contributed by atoms with E-state index in [2.05, 4.69) is 37.1 Å². The lowest BCUT2D eigenvalue weighted by atomic mass is 10.0. The first-order chi connectivity index (χ1) is 13.9. The maximum Gasteiger partial charge on any atom is 0.414 e. The summed E-state index contributed by atoms with van der Waals surface area (Å²) in [6.45, 7) is 10.4. The number of ether oxygens (including phenoxy) is 1. The molecule has 1 aromatic rings. The van der Waals surface area contributed by atoms with E-state index in [0.29, 0.717) is 31.8 Å². The molecule has 7 nitrogen and oxygen atoms in total. The number of hydrogen-bond donors (Lipinski definition) is 1. The largest absolute Gasteiger partial charge is 0.447 e. The number of carbonyl (C=O) groups is 2. The number of piperazine rings is 1. The monoisotopic (exact) mass is 396 g/mol. The Bertz CT molecular complexity index is 867. The Balaban J connectivity index is 1.36. The van der Waals surface area contributed by atoms with Gasteiger partial charge in [-0.15, -0.1) is 0 Å². The van der Waals surface area contributed by atoms with Gasteiger partial charge in [-0.3, -0.25) is 14.6 Å². The Kier molecular flexibility index (Phi) is 5.32. The van der Waals surface area contributed by atoms with Gasteiger partial charge in [-0.1, -0.05) is 6.08 Å². The second-order valence-electron chi connectivity index (χ2n) is 7.88. The summed E-state index contributed by atoms with van der Waals surface area (Å²) in [4.78, 5) is 30.5. The van der Waals surface area contributed by atoms with Crippen molar-refractivity contribution in [1.29, 1.82) is 0 Å². The van der Waals surface area contributed by atoms with E-state index in [1.165, 1.54) is 16.8 Å². The molecule has 0 bridgehead atoms. The Hall–Kier alpha value is -2.80. The van der Waals surface area contributed by atoms with E-state index in [-0.39, 0.29) is 18.2 Å². The fourth-order valence-corrected chi connectivity index (χ4v) is 4.12. The van der Waals surface area contributed by atoms with E-state index in [1.54, 1.807) is 17.0 Å². The smallest absolute Gasteiger partial charge is 0.414 e. The fourth-order valence-electron chi connectivity index (χ4n) is 4.12. The molecule has 2 amide bonds. The van der Waals surface area contributed by atoms with Crippen molar-refractivity contribution in [3.63, 3.8) is 0 Å². The predicted octanol–water partition coefficient (Wildman–Crippen LogP) is 2.57. The molecule has 1 aromatic carbocycles. The van der Waals surface area contributed by atoms with E-state index in [9.17, 15) is 9.59 Å². The number of carbonyl (C=O) groups excluding carboxylic acids is 2. The van der Waals surface area contributed by atoms with Crippen LogP contribution in [0.5, 0.6) is 0 Å². The number of rotatable bonds is 3. The highest BCUT2D eigenvalue weighted by Gasteiger charge is 2.29. The molecule has 0 spiro atoms. The van der Waals surface area contributed by atoms with Gasteiger partial charge in [0.2, 0.25) is 0 Å². The predicted molar refractivity (Wildman–Crippen MR) is 112 cm³/mol. The van der Waals surface area contributed by atoms with Crippen molar-refractivity contribution in [3.8, 4) is 0 Å². The van der Waals surface area contributed by atoms with Crippen LogP contribution in [-0.4, -0.2) is 67.3 Å². The highest BCUT2D eigenvalue weighted by molar-refractivity contribution is 5.95. The standard InChI is InChI=1S/C22H28N4O3/c1-15-14-16(2)20(23-17(15)3)24-8-10-25(11-9-24)21(27)18-4-6-19(7-5-18)26-12-13-29-22(26)28/h4-7,14,20,23H,8-13H2,1-3H3.